The van der Waals surface area contributed by atoms with E-state index >= 15 is 0 Å². The molecule has 2 bridgehead atoms. The standard InChI is InChI=1S/C13H20O2/c1-5-10(14)15-13-8-6-12(4,7-9-13)11(13,2)3/h5H,1,6-9H2,2-4H3. The topological polar surface area (TPSA) is 26.3 Å². The molecule has 0 heterocycles. The monoisotopic (exact) mass is 208 g/mol. The second-order valence-electron chi connectivity index (χ2n) is 5.81. The lowest BCUT2D eigenvalue weighted by molar-refractivity contribution is -0.163. The molecule has 2 saturated carbocycles. The van der Waals surface area contributed by atoms with E-state index in [4.69, 9.17) is 4.74 Å². The minimum absolute atomic E-state index is 0.0959. The van der Waals surface area contributed by atoms with Gasteiger partial charge in [-0.1, -0.05) is 27.4 Å². The Labute approximate surface area is 91.7 Å². The number of hydrogen-bond acceptors (Lipinski definition) is 2. The zero-order valence-electron chi connectivity index (χ0n) is 9.93. The average molecular weight is 208 g/mol. The Morgan fingerprint density at radius 2 is 1.73 bits per heavy atom. The van der Waals surface area contributed by atoms with Crippen LogP contribution in [0.15, 0.2) is 12.7 Å². The Morgan fingerprint density at radius 3 is 2.07 bits per heavy atom. The van der Waals surface area contributed by atoms with Gasteiger partial charge in [-0.2, -0.15) is 0 Å². The molecule has 0 aliphatic heterocycles. The third-order valence-electron chi connectivity index (χ3n) is 5.27. The van der Waals surface area contributed by atoms with Crippen LogP contribution in [0.5, 0.6) is 0 Å². The van der Waals surface area contributed by atoms with Crippen LogP contribution in [0.2, 0.25) is 0 Å². The van der Waals surface area contributed by atoms with E-state index in [9.17, 15) is 4.79 Å². The minimum Gasteiger partial charge on any atom is -0.455 e. The van der Waals surface area contributed by atoms with Crippen molar-refractivity contribution in [1.29, 1.82) is 0 Å². The maximum Gasteiger partial charge on any atom is 0.330 e. The lowest BCUT2D eigenvalue weighted by Gasteiger charge is -2.40. The molecule has 0 atom stereocenters. The largest absolute Gasteiger partial charge is 0.455 e. The molecule has 2 heteroatoms. The lowest BCUT2D eigenvalue weighted by atomic mass is 9.70. The molecule has 84 valence electrons. The van der Waals surface area contributed by atoms with Gasteiger partial charge in [-0.25, -0.2) is 4.79 Å². The van der Waals surface area contributed by atoms with Crippen LogP contribution in [0.25, 0.3) is 0 Å². The van der Waals surface area contributed by atoms with Crippen LogP contribution in [0.3, 0.4) is 0 Å². The summed E-state index contributed by atoms with van der Waals surface area (Å²) in [4.78, 5) is 11.4. The molecule has 0 aromatic carbocycles. The normalized spacial score (nSPS) is 41.5. The van der Waals surface area contributed by atoms with E-state index in [2.05, 4.69) is 27.4 Å². The SMILES string of the molecule is C=CC(=O)OC12CCC(C)(CC1)C2(C)C. The first kappa shape index (κ1) is 10.7. The summed E-state index contributed by atoms with van der Waals surface area (Å²) < 4.78 is 5.66. The molecule has 2 fully saturated rings. The smallest absolute Gasteiger partial charge is 0.330 e. The van der Waals surface area contributed by atoms with E-state index in [0.29, 0.717) is 5.41 Å². The minimum atomic E-state index is -0.269. The Morgan fingerprint density at radius 1 is 1.20 bits per heavy atom. The fourth-order valence-electron chi connectivity index (χ4n) is 3.47. The van der Waals surface area contributed by atoms with E-state index < -0.39 is 0 Å². The summed E-state index contributed by atoms with van der Waals surface area (Å²) >= 11 is 0. The van der Waals surface area contributed by atoms with Crippen molar-refractivity contribution in [3.05, 3.63) is 12.7 Å². The zero-order chi connectivity index (χ0) is 11.3. The summed E-state index contributed by atoms with van der Waals surface area (Å²) in [7, 11) is 0. The Kier molecular flexibility index (Phi) is 2.05. The summed E-state index contributed by atoms with van der Waals surface area (Å²) in [6, 6.07) is 0. The summed E-state index contributed by atoms with van der Waals surface area (Å²) in [5.41, 5.74) is 0.208. The molecule has 0 aromatic rings. The number of fused-ring (bicyclic) bond motifs is 2. The highest BCUT2D eigenvalue weighted by Gasteiger charge is 2.67. The molecule has 0 radical (unpaired) electrons. The van der Waals surface area contributed by atoms with Crippen LogP contribution >= 0.6 is 0 Å². The predicted octanol–water partition coefficient (Wildman–Crippen LogP) is 3.07. The van der Waals surface area contributed by atoms with Gasteiger partial charge in [0.05, 0.1) is 0 Å². The quantitative estimate of drug-likeness (QED) is 0.515. The second kappa shape index (κ2) is 2.87. The first-order valence-corrected chi connectivity index (χ1v) is 5.72. The van der Waals surface area contributed by atoms with E-state index in [1.807, 2.05) is 0 Å². The number of hydrogen-bond donors (Lipinski definition) is 0. The van der Waals surface area contributed by atoms with Crippen molar-refractivity contribution in [1.82, 2.24) is 0 Å². The van der Waals surface area contributed by atoms with Crippen LogP contribution in [-0.4, -0.2) is 11.6 Å². The molecular formula is C13H20O2. The number of ether oxygens (including phenoxy) is 1. The van der Waals surface area contributed by atoms with Crippen LogP contribution in [-0.2, 0) is 9.53 Å². The third kappa shape index (κ3) is 1.14. The highest BCUT2D eigenvalue weighted by Crippen LogP contribution is 2.68. The third-order valence-corrected chi connectivity index (χ3v) is 5.27. The van der Waals surface area contributed by atoms with Gasteiger partial charge in [0, 0.05) is 11.5 Å². The van der Waals surface area contributed by atoms with Crippen molar-refractivity contribution in [2.45, 2.75) is 52.1 Å². The molecule has 2 aliphatic carbocycles. The maximum absolute atomic E-state index is 11.4. The number of carbonyl (C=O) groups excluding carboxylic acids is 1. The fourth-order valence-corrected chi connectivity index (χ4v) is 3.47. The molecule has 0 amide bonds. The zero-order valence-corrected chi connectivity index (χ0v) is 9.93. The van der Waals surface area contributed by atoms with Gasteiger partial charge < -0.3 is 4.74 Å². The first-order valence-electron chi connectivity index (χ1n) is 5.72. The van der Waals surface area contributed by atoms with Gasteiger partial charge in [-0.3, -0.25) is 0 Å². The molecule has 2 nitrogen and oxygen atoms in total. The summed E-state index contributed by atoms with van der Waals surface area (Å²) in [6.07, 6.45) is 5.64. The fraction of sp³-hybridized carbons (Fsp3) is 0.769. The Balaban J connectivity index is 2.30. The van der Waals surface area contributed by atoms with Gasteiger partial charge >= 0.3 is 5.97 Å². The molecule has 2 rings (SSSR count). The van der Waals surface area contributed by atoms with Crippen molar-refractivity contribution in [3.63, 3.8) is 0 Å². The van der Waals surface area contributed by atoms with Crippen LogP contribution < -0.4 is 0 Å². The number of esters is 1. The predicted molar refractivity (Wildman–Crippen MR) is 59.4 cm³/mol. The van der Waals surface area contributed by atoms with Crippen molar-refractivity contribution in [2.75, 3.05) is 0 Å². The van der Waals surface area contributed by atoms with Crippen LogP contribution in [0.4, 0.5) is 0 Å². The average Bonchev–Trinajstić information content (AvgIpc) is 2.49. The highest BCUT2D eigenvalue weighted by atomic mass is 16.6. The van der Waals surface area contributed by atoms with E-state index in [0.717, 1.165) is 12.8 Å². The summed E-state index contributed by atoms with van der Waals surface area (Å²) in [5, 5.41) is 0. The van der Waals surface area contributed by atoms with Crippen LogP contribution in [0, 0.1) is 10.8 Å². The van der Waals surface area contributed by atoms with Crippen molar-refractivity contribution >= 4 is 5.97 Å². The van der Waals surface area contributed by atoms with Gasteiger partial charge in [0.2, 0.25) is 0 Å². The van der Waals surface area contributed by atoms with Crippen LogP contribution in [0.1, 0.15) is 46.5 Å². The van der Waals surface area contributed by atoms with Gasteiger partial charge in [0.25, 0.3) is 0 Å². The molecule has 0 saturated heterocycles. The van der Waals surface area contributed by atoms with Crippen molar-refractivity contribution in [2.24, 2.45) is 10.8 Å². The lowest BCUT2D eigenvalue weighted by Crippen LogP contribution is -2.43. The van der Waals surface area contributed by atoms with Crippen molar-refractivity contribution < 1.29 is 9.53 Å². The van der Waals surface area contributed by atoms with E-state index in [1.54, 1.807) is 0 Å². The first-order chi connectivity index (χ1) is 6.87. The number of rotatable bonds is 2. The van der Waals surface area contributed by atoms with E-state index in [-0.39, 0.29) is 17.0 Å². The second-order valence-corrected chi connectivity index (χ2v) is 5.81. The molecule has 2 aliphatic rings. The highest BCUT2D eigenvalue weighted by molar-refractivity contribution is 5.81. The van der Waals surface area contributed by atoms with Gasteiger partial charge in [-0.05, 0) is 31.1 Å². The van der Waals surface area contributed by atoms with Gasteiger partial charge in [-0.15, -0.1) is 0 Å². The van der Waals surface area contributed by atoms with Gasteiger partial charge in [0.1, 0.15) is 5.60 Å². The number of carbonyl (C=O) groups is 1. The maximum atomic E-state index is 11.4. The van der Waals surface area contributed by atoms with E-state index in [1.165, 1.54) is 18.9 Å². The molecule has 0 unspecified atom stereocenters. The molecule has 0 spiro atoms. The summed E-state index contributed by atoms with van der Waals surface area (Å²) in [5.74, 6) is -0.269. The molecule has 0 N–H and O–H groups in total. The summed E-state index contributed by atoms with van der Waals surface area (Å²) in [6.45, 7) is 10.3. The molecule has 0 aromatic heterocycles. The Hall–Kier alpha value is -0.790. The van der Waals surface area contributed by atoms with Gasteiger partial charge in [0.15, 0.2) is 0 Å². The van der Waals surface area contributed by atoms with Crippen molar-refractivity contribution in [3.8, 4) is 0 Å². The molecular weight excluding hydrogens is 188 g/mol. The molecule has 15 heavy (non-hydrogen) atoms. The Bertz CT molecular complexity index is 306.